The van der Waals surface area contributed by atoms with Gasteiger partial charge in [0.05, 0.1) is 0 Å². The van der Waals surface area contributed by atoms with Crippen LogP contribution in [0.25, 0.3) is 0 Å². The molecule has 0 atom stereocenters. The molecule has 1 aliphatic rings. The molecular formula is C7H18N2. The molecule has 0 heterocycles. The van der Waals surface area contributed by atoms with Gasteiger partial charge in [-0.25, -0.2) is 0 Å². The van der Waals surface area contributed by atoms with Gasteiger partial charge in [0.15, 0.2) is 0 Å². The summed E-state index contributed by atoms with van der Waals surface area (Å²) in [6, 6.07) is 0.879. The van der Waals surface area contributed by atoms with Crippen molar-refractivity contribution in [3.05, 3.63) is 0 Å². The quantitative estimate of drug-likeness (QED) is 0.511. The van der Waals surface area contributed by atoms with Crippen molar-refractivity contribution in [3.8, 4) is 0 Å². The second-order valence-corrected chi connectivity index (χ2v) is 2.67. The predicted molar refractivity (Wildman–Crippen MR) is 41.1 cm³/mol. The maximum Gasteiger partial charge on any atom is 0.00399 e. The fourth-order valence-corrected chi connectivity index (χ4v) is 1.14. The van der Waals surface area contributed by atoms with E-state index in [4.69, 9.17) is 11.5 Å². The Kier molecular flexibility index (Phi) is 3.82. The minimum Gasteiger partial charge on any atom is -0.328 e. The third-order valence-corrected chi connectivity index (χ3v) is 1.82. The summed E-state index contributed by atoms with van der Waals surface area (Å²) in [5, 5.41) is 0. The molecule has 0 radical (unpaired) electrons. The van der Waals surface area contributed by atoms with E-state index in [-0.39, 0.29) is 7.43 Å². The largest absolute Gasteiger partial charge is 0.328 e. The molecule has 1 aliphatic carbocycles. The van der Waals surface area contributed by atoms with Gasteiger partial charge in [0, 0.05) is 12.1 Å². The highest BCUT2D eigenvalue weighted by Crippen LogP contribution is 2.14. The molecule has 1 saturated carbocycles. The minimum atomic E-state index is 0. The zero-order valence-corrected chi connectivity index (χ0v) is 5.14. The van der Waals surface area contributed by atoms with Crippen LogP contribution >= 0.6 is 0 Å². The van der Waals surface area contributed by atoms with Gasteiger partial charge in [-0.3, -0.25) is 0 Å². The molecule has 9 heavy (non-hydrogen) atoms. The Bertz CT molecular complexity index is 55.3. The Morgan fingerprint density at radius 1 is 0.778 bits per heavy atom. The molecule has 56 valence electrons. The lowest BCUT2D eigenvalue weighted by atomic mass is 9.93. The summed E-state index contributed by atoms with van der Waals surface area (Å²) < 4.78 is 0. The van der Waals surface area contributed by atoms with Crippen molar-refractivity contribution in [3.63, 3.8) is 0 Å². The fraction of sp³-hybridized carbons (Fsp3) is 1.00. The molecule has 0 aromatic rings. The summed E-state index contributed by atoms with van der Waals surface area (Å²) in [5.74, 6) is 0. The maximum absolute atomic E-state index is 5.64. The van der Waals surface area contributed by atoms with Crippen LogP contribution in [-0.4, -0.2) is 12.1 Å². The van der Waals surface area contributed by atoms with Crippen molar-refractivity contribution in [2.45, 2.75) is 45.2 Å². The van der Waals surface area contributed by atoms with E-state index in [2.05, 4.69) is 0 Å². The molecule has 4 N–H and O–H groups in total. The summed E-state index contributed by atoms with van der Waals surface area (Å²) in [6.07, 6.45) is 4.50. The Balaban J connectivity index is 0.000000640. The summed E-state index contributed by atoms with van der Waals surface area (Å²) in [5.41, 5.74) is 11.3. The van der Waals surface area contributed by atoms with Crippen LogP contribution in [0.5, 0.6) is 0 Å². The van der Waals surface area contributed by atoms with E-state index in [1.165, 1.54) is 0 Å². The Labute approximate surface area is 57.6 Å². The first kappa shape index (κ1) is 8.92. The highest BCUT2D eigenvalue weighted by Gasteiger charge is 2.13. The van der Waals surface area contributed by atoms with E-state index in [0.717, 1.165) is 25.7 Å². The average Bonchev–Trinajstić information content (AvgIpc) is 1.77. The lowest BCUT2D eigenvalue weighted by molar-refractivity contribution is 0.395. The maximum atomic E-state index is 5.64. The van der Waals surface area contributed by atoms with Crippen molar-refractivity contribution < 1.29 is 0 Å². The van der Waals surface area contributed by atoms with Gasteiger partial charge in [0.1, 0.15) is 0 Å². The normalized spacial score (nSPS) is 35.3. The molecule has 0 bridgehead atoms. The standard InChI is InChI=1S/C6H14N2.CH4/c7-5-1-2-6(8)4-3-5;/h5-6H,1-4,7-8H2;1H4. The molecule has 0 amide bonds. The fourth-order valence-electron chi connectivity index (χ4n) is 1.14. The first-order chi connectivity index (χ1) is 3.79. The van der Waals surface area contributed by atoms with E-state index < -0.39 is 0 Å². The van der Waals surface area contributed by atoms with Crippen LogP contribution in [0.2, 0.25) is 0 Å². The molecule has 2 heteroatoms. The van der Waals surface area contributed by atoms with Crippen LogP contribution in [0.1, 0.15) is 33.1 Å². The van der Waals surface area contributed by atoms with Crippen molar-refractivity contribution in [2.24, 2.45) is 11.5 Å². The van der Waals surface area contributed by atoms with E-state index in [9.17, 15) is 0 Å². The SMILES string of the molecule is C.NC1CCC(N)CC1. The first-order valence-electron chi connectivity index (χ1n) is 3.30. The Morgan fingerprint density at radius 2 is 1.00 bits per heavy atom. The van der Waals surface area contributed by atoms with Gasteiger partial charge < -0.3 is 11.5 Å². The molecule has 0 aromatic carbocycles. The predicted octanol–water partition coefficient (Wildman–Crippen LogP) is 0.851. The van der Waals surface area contributed by atoms with Crippen molar-refractivity contribution in [2.75, 3.05) is 0 Å². The van der Waals surface area contributed by atoms with Gasteiger partial charge >= 0.3 is 0 Å². The second kappa shape index (κ2) is 3.85. The van der Waals surface area contributed by atoms with Crippen molar-refractivity contribution >= 4 is 0 Å². The van der Waals surface area contributed by atoms with Crippen LogP contribution in [-0.2, 0) is 0 Å². The number of nitrogens with two attached hydrogens (primary N) is 2. The van der Waals surface area contributed by atoms with Gasteiger partial charge in [-0.1, -0.05) is 7.43 Å². The Morgan fingerprint density at radius 3 is 1.22 bits per heavy atom. The lowest BCUT2D eigenvalue weighted by Gasteiger charge is -2.22. The van der Waals surface area contributed by atoms with Gasteiger partial charge in [-0.15, -0.1) is 0 Å². The number of hydrogen-bond donors (Lipinski definition) is 2. The zero-order chi connectivity index (χ0) is 5.98. The smallest absolute Gasteiger partial charge is 0.00399 e. The van der Waals surface area contributed by atoms with Gasteiger partial charge in [0.2, 0.25) is 0 Å². The number of hydrogen-bond acceptors (Lipinski definition) is 2. The monoisotopic (exact) mass is 130 g/mol. The van der Waals surface area contributed by atoms with E-state index in [1.807, 2.05) is 0 Å². The molecule has 1 fully saturated rings. The van der Waals surface area contributed by atoms with Crippen LogP contribution in [0.4, 0.5) is 0 Å². The Hall–Kier alpha value is -0.0800. The van der Waals surface area contributed by atoms with Gasteiger partial charge in [-0.2, -0.15) is 0 Å². The molecule has 1 rings (SSSR count). The van der Waals surface area contributed by atoms with Crippen LogP contribution in [0, 0.1) is 0 Å². The first-order valence-corrected chi connectivity index (χ1v) is 3.30. The molecule has 2 nitrogen and oxygen atoms in total. The summed E-state index contributed by atoms with van der Waals surface area (Å²) in [7, 11) is 0. The lowest BCUT2D eigenvalue weighted by Crippen LogP contribution is -2.33. The van der Waals surface area contributed by atoms with E-state index >= 15 is 0 Å². The summed E-state index contributed by atoms with van der Waals surface area (Å²) >= 11 is 0. The van der Waals surface area contributed by atoms with Crippen molar-refractivity contribution in [1.29, 1.82) is 0 Å². The summed E-state index contributed by atoms with van der Waals surface area (Å²) in [4.78, 5) is 0. The van der Waals surface area contributed by atoms with Gasteiger partial charge in [0.25, 0.3) is 0 Å². The van der Waals surface area contributed by atoms with Crippen molar-refractivity contribution in [1.82, 2.24) is 0 Å². The third-order valence-electron chi connectivity index (χ3n) is 1.82. The van der Waals surface area contributed by atoms with E-state index in [1.54, 1.807) is 0 Å². The highest BCUT2D eigenvalue weighted by molar-refractivity contribution is 4.75. The molecule has 0 saturated heterocycles. The van der Waals surface area contributed by atoms with E-state index in [0.29, 0.717) is 12.1 Å². The molecule has 0 spiro atoms. The molecule has 0 aliphatic heterocycles. The number of rotatable bonds is 0. The molecule has 0 aromatic heterocycles. The van der Waals surface area contributed by atoms with Gasteiger partial charge in [-0.05, 0) is 25.7 Å². The van der Waals surface area contributed by atoms with Crippen LogP contribution in [0.15, 0.2) is 0 Å². The average molecular weight is 130 g/mol. The summed E-state index contributed by atoms with van der Waals surface area (Å²) in [6.45, 7) is 0. The van der Waals surface area contributed by atoms with Crippen LogP contribution in [0.3, 0.4) is 0 Å². The highest BCUT2D eigenvalue weighted by atomic mass is 14.7. The zero-order valence-electron chi connectivity index (χ0n) is 5.14. The third kappa shape index (κ3) is 2.82. The molecular weight excluding hydrogens is 112 g/mol. The second-order valence-electron chi connectivity index (χ2n) is 2.67. The molecule has 0 unspecified atom stereocenters. The van der Waals surface area contributed by atoms with Crippen LogP contribution < -0.4 is 11.5 Å². The minimum absolute atomic E-state index is 0. The topological polar surface area (TPSA) is 52.0 Å².